The van der Waals surface area contributed by atoms with E-state index < -0.39 is 0 Å². The Morgan fingerprint density at radius 1 is 1.35 bits per heavy atom. The standard InChI is InChI=1S/C14H22N2O/c1-10-6-7-11(2)13(8-10)9-15-12(3)14(17)16(4)5/h6-8,12,15H,9H2,1-5H3. The zero-order chi connectivity index (χ0) is 13.0. The second-order valence-corrected chi connectivity index (χ2v) is 4.77. The largest absolute Gasteiger partial charge is 0.347 e. The lowest BCUT2D eigenvalue weighted by molar-refractivity contribution is -0.130. The van der Waals surface area contributed by atoms with Crippen LogP contribution in [-0.4, -0.2) is 30.9 Å². The van der Waals surface area contributed by atoms with Crippen LogP contribution in [0.3, 0.4) is 0 Å². The van der Waals surface area contributed by atoms with Crippen LogP contribution in [-0.2, 0) is 11.3 Å². The average Bonchev–Trinajstić information content (AvgIpc) is 2.28. The number of hydrogen-bond acceptors (Lipinski definition) is 2. The second kappa shape index (κ2) is 5.82. The van der Waals surface area contributed by atoms with E-state index in [9.17, 15) is 4.79 Å². The van der Waals surface area contributed by atoms with Crippen molar-refractivity contribution in [3.8, 4) is 0 Å². The van der Waals surface area contributed by atoms with Crippen molar-refractivity contribution >= 4 is 5.91 Å². The predicted octanol–water partition coefficient (Wildman–Crippen LogP) is 1.87. The van der Waals surface area contributed by atoms with Gasteiger partial charge in [0.05, 0.1) is 6.04 Å². The first kappa shape index (κ1) is 13.7. The van der Waals surface area contributed by atoms with Crippen molar-refractivity contribution in [3.05, 3.63) is 34.9 Å². The van der Waals surface area contributed by atoms with Gasteiger partial charge in [0.15, 0.2) is 0 Å². The van der Waals surface area contributed by atoms with Crippen molar-refractivity contribution in [2.75, 3.05) is 14.1 Å². The molecule has 0 aliphatic carbocycles. The zero-order valence-corrected chi connectivity index (χ0v) is 11.4. The first-order chi connectivity index (χ1) is 7.91. The Morgan fingerprint density at radius 2 is 2.00 bits per heavy atom. The summed E-state index contributed by atoms with van der Waals surface area (Å²) in [5.41, 5.74) is 3.76. The number of rotatable bonds is 4. The molecule has 0 bridgehead atoms. The smallest absolute Gasteiger partial charge is 0.238 e. The second-order valence-electron chi connectivity index (χ2n) is 4.77. The van der Waals surface area contributed by atoms with Crippen LogP contribution in [0.5, 0.6) is 0 Å². The van der Waals surface area contributed by atoms with Gasteiger partial charge in [-0.3, -0.25) is 4.79 Å². The van der Waals surface area contributed by atoms with Gasteiger partial charge in [0.1, 0.15) is 0 Å². The normalized spacial score (nSPS) is 12.3. The van der Waals surface area contributed by atoms with Crippen molar-refractivity contribution in [1.29, 1.82) is 0 Å². The molecule has 0 saturated heterocycles. The molecule has 1 N–H and O–H groups in total. The van der Waals surface area contributed by atoms with Crippen molar-refractivity contribution in [2.24, 2.45) is 0 Å². The van der Waals surface area contributed by atoms with E-state index in [4.69, 9.17) is 0 Å². The Kier molecular flexibility index (Phi) is 4.70. The Bertz CT molecular complexity index is 399. The van der Waals surface area contributed by atoms with E-state index in [1.807, 2.05) is 6.92 Å². The van der Waals surface area contributed by atoms with Gasteiger partial charge in [0.2, 0.25) is 5.91 Å². The number of amides is 1. The predicted molar refractivity (Wildman–Crippen MR) is 70.9 cm³/mol. The summed E-state index contributed by atoms with van der Waals surface area (Å²) in [6.07, 6.45) is 0. The van der Waals surface area contributed by atoms with Crippen molar-refractivity contribution in [2.45, 2.75) is 33.4 Å². The number of carbonyl (C=O) groups is 1. The summed E-state index contributed by atoms with van der Waals surface area (Å²) >= 11 is 0. The Balaban J connectivity index is 2.61. The number of nitrogens with zero attached hydrogens (tertiary/aromatic N) is 1. The minimum Gasteiger partial charge on any atom is -0.347 e. The van der Waals surface area contributed by atoms with Gasteiger partial charge in [-0.25, -0.2) is 0 Å². The molecule has 0 aromatic heterocycles. The van der Waals surface area contributed by atoms with Crippen LogP contribution in [0.1, 0.15) is 23.6 Å². The molecule has 1 aromatic rings. The van der Waals surface area contributed by atoms with Crippen LogP contribution in [0.4, 0.5) is 0 Å². The van der Waals surface area contributed by atoms with Gasteiger partial charge in [0.25, 0.3) is 0 Å². The minimum absolute atomic E-state index is 0.107. The molecule has 0 saturated carbocycles. The van der Waals surface area contributed by atoms with E-state index in [1.54, 1.807) is 19.0 Å². The van der Waals surface area contributed by atoms with Crippen LogP contribution in [0.2, 0.25) is 0 Å². The third-order valence-electron chi connectivity index (χ3n) is 2.91. The van der Waals surface area contributed by atoms with E-state index in [0.717, 1.165) is 6.54 Å². The van der Waals surface area contributed by atoms with Gasteiger partial charge in [-0.1, -0.05) is 23.8 Å². The van der Waals surface area contributed by atoms with Crippen LogP contribution in [0.25, 0.3) is 0 Å². The fourth-order valence-corrected chi connectivity index (χ4v) is 1.73. The summed E-state index contributed by atoms with van der Waals surface area (Å²) < 4.78 is 0. The van der Waals surface area contributed by atoms with Crippen LogP contribution >= 0.6 is 0 Å². The lowest BCUT2D eigenvalue weighted by atomic mass is 10.1. The number of nitrogens with one attached hydrogen (secondary N) is 1. The fourth-order valence-electron chi connectivity index (χ4n) is 1.73. The van der Waals surface area contributed by atoms with E-state index >= 15 is 0 Å². The van der Waals surface area contributed by atoms with Crippen molar-refractivity contribution in [1.82, 2.24) is 10.2 Å². The Labute approximate surface area is 104 Å². The summed E-state index contributed by atoms with van der Waals surface area (Å²) in [7, 11) is 3.55. The molecule has 3 heteroatoms. The monoisotopic (exact) mass is 234 g/mol. The number of aryl methyl sites for hydroxylation is 2. The Hall–Kier alpha value is -1.35. The van der Waals surface area contributed by atoms with Gasteiger partial charge < -0.3 is 10.2 Å². The molecule has 0 aliphatic heterocycles. The van der Waals surface area contributed by atoms with Gasteiger partial charge in [-0.2, -0.15) is 0 Å². The lowest BCUT2D eigenvalue weighted by Gasteiger charge is -2.18. The third-order valence-corrected chi connectivity index (χ3v) is 2.91. The molecule has 1 atom stereocenters. The van der Waals surface area contributed by atoms with Gasteiger partial charge >= 0.3 is 0 Å². The zero-order valence-electron chi connectivity index (χ0n) is 11.4. The summed E-state index contributed by atoms with van der Waals surface area (Å²) in [6, 6.07) is 6.23. The van der Waals surface area contributed by atoms with E-state index in [0.29, 0.717) is 0 Å². The molecular formula is C14H22N2O. The summed E-state index contributed by atoms with van der Waals surface area (Å²) in [5.74, 6) is 0.107. The molecule has 0 radical (unpaired) electrons. The van der Waals surface area contributed by atoms with Gasteiger partial charge in [-0.05, 0) is 31.9 Å². The SMILES string of the molecule is Cc1ccc(C)c(CNC(C)C(=O)N(C)C)c1. The number of carbonyl (C=O) groups excluding carboxylic acids is 1. The van der Waals surface area contributed by atoms with Crippen LogP contribution < -0.4 is 5.32 Å². The summed E-state index contributed by atoms with van der Waals surface area (Å²) in [4.78, 5) is 13.3. The first-order valence-corrected chi connectivity index (χ1v) is 5.92. The maximum atomic E-state index is 11.7. The molecule has 0 fully saturated rings. The highest BCUT2D eigenvalue weighted by Gasteiger charge is 2.13. The summed E-state index contributed by atoms with van der Waals surface area (Å²) in [6.45, 7) is 6.80. The molecule has 0 heterocycles. The number of likely N-dealkylation sites (N-methyl/N-ethyl adjacent to an activating group) is 1. The highest BCUT2D eigenvalue weighted by molar-refractivity contribution is 5.80. The molecule has 0 spiro atoms. The lowest BCUT2D eigenvalue weighted by Crippen LogP contribution is -2.41. The third kappa shape index (κ3) is 3.86. The Morgan fingerprint density at radius 3 is 2.59 bits per heavy atom. The van der Waals surface area contributed by atoms with Gasteiger partial charge in [-0.15, -0.1) is 0 Å². The van der Waals surface area contributed by atoms with E-state index in [-0.39, 0.29) is 11.9 Å². The maximum Gasteiger partial charge on any atom is 0.238 e. The average molecular weight is 234 g/mol. The highest BCUT2D eigenvalue weighted by atomic mass is 16.2. The molecule has 1 rings (SSSR count). The van der Waals surface area contributed by atoms with Crippen LogP contribution in [0.15, 0.2) is 18.2 Å². The van der Waals surface area contributed by atoms with Crippen LogP contribution in [0, 0.1) is 13.8 Å². The molecular weight excluding hydrogens is 212 g/mol. The van der Waals surface area contributed by atoms with Crippen molar-refractivity contribution < 1.29 is 4.79 Å². The maximum absolute atomic E-state index is 11.7. The van der Waals surface area contributed by atoms with E-state index in [2.05, 4.69) is 37.4 Å². The van der Waals surface area contributed by atoms with E-state index in [1.165, 1.54) is 16.7 Å². The molecule has 1 aromatic carbocycles. The topological polar surface area (TPSA) is 32.3 Å². The quantitative estimate of drug-likeness (QED) is 0.862. The minimum atomic E-state index is -0.148. The molecule has 3 nitrogen and oxygen atoms in total. The molecule has 94 valence electrons. The van der Waals surface area contributed by atoms with Gasteiger partial charge in [0, 0.05) is 20.6 Å². The number of hydrogen-bond donors (Lipinski definition) is 1. The summed E-state index contributed by atoms with van der Waals surface area (Å²) in [5, 5.41) is 3.26. The number of benzene rings is 1. The highest BCUT2D eigenvalue weighted by Crippen LogP contribution is 2.10. The molecule has 17 heavy (non-hydrogen) atoms. The molecule has 0 aliphatic rings. The fraction of sp³-hybridized carbons (Fsp3) is 0.500. The molecule has 1 amide bonds. The first-order valence-electron chi connectivity index (χ1n) is 5.92. The molecule has 1 unspecified atom stereocenters. The van der Waals surface area contributed by atoms with Crippen molar-refractivity contribution in [3.63, 3.8) is 0 Å².